The van der Waals surface area contributed by atoms with Gasteiger partial charge < -0.3 is 9.64 Å². The molecule has 3 rings (SSSR count). The first kappa shape index (κ1) is 13.5. The predicted molar refractivity (Wildman–Crippen MR) is 74.0 cm³/mol. The Labute approximate surface area is 119 Å². The number of carbonyl (C=O) groups excluding carboxylic acids is 1. The highest BCUT2D eigenvalue weighted by Crippen LogP contribution is 2.37. The molecule has 2 aliphatic heterocycles. The lowest BCUT2D eigenvalue weighted by Crippen LogP contribution is -2.35. The van der Waals surface area contributed by atoms with Gasteiger partial charge in [0, 0.05) is 31.9 Å². The van der Waals surface area contributed by atoms with Crippen molar-refractivity contribution in [2.75, 3.05) is 19.7 Å². The summed E-state index contributed by atoms with van der Waals surface area (Å²) >= 11 is 0. The summed E-state index contributed by atoms with van der Waals surface area (Å²) in [6, 6.07) is 0. The van der Waals surface area contributed by atoms with Gasteiger partial charge in [0.2, 0.25) is 5.91 Å². The molecule has 2 fully saturated rings. The van der Waals surface area contributed by atoms with E-state index in [2.05, 4.69) is 16.9 Å². The van der Waals surface area contributed by atoms with Crippen molar-refractivity contribution in [3.63, 3.8) is 0 Å². The SMILES string of the molecule is CC1COC2(CCN(C(=O)CCc3cncnc3)C2)C1. The first-order valence-electron chi connectivity index (χ1n) is 7.32. The second-order valence-electron chi connectivity index (χ2n) is 6.12. The van der Waals surface area contributed by atoms with Crippen molar-refractivity contribution in [3.8, 4) is 0 Å². The lowest BCUT2D eigenvalue weighted by Gasteiger charge is -2.23. The van der Waals surface area contributed by atoms with Gasteiger partial charge in [0.1, 0.15) is 6.33 Å². The van der Waals surface area contributed by atoms with Gasteiger partial charge in [-0.3, -0.25) is 4.79 Å². The lowest BCUT2D eigenvalue weighted by atomic mass is 9.94. The fourth-order valence-corrected chi connectivity index (χ4v) is 3.28. The van der Waals surface area contributed by atoms with E-state index >= 15 is 0 Å². The first-order chi connectivity index (χ1) is 9.67. The number of hydrogen-bond acceptors (Lipinski definition) is 4. The Morgan fingerprint density at radius 2 is 2.30 bits per heavy atom. The van der Waals surface area contributed by atoms with Gasteiger partial charge in [0.15, 0.2) is 0 Å². The van der Waals surface area contributed by atoms with E-state index in [0.29, 0.717) is 18.8 Å². The normalized spacial score (nSPS) is 29.2. The average molecular weight is 275 g/mol. The molecule has 20 heavy (non-hydrogen) atoms. The number of carbonyl (C=O) groups is 1. The summed E-state index contributed by atoms with van der Waals surface area (Å²) in [7, 11) is 0. The van der Waals surface area contributed by atoms with Crippen LogP contribution >= 0.6 is 0 Å². The number of nitrogens with zero attached hydrogens (tertiary/aromatic N) is 3. The number of ether oxygens (including phenoxy) is 1. The van der Waals surface area contributed by atoms with Crippen LogP contribution in [-0.2, 0) is 16.0 Å². The van der Waals surface area contributed by atoms with E-state index in [-0.39, 0.29) is 11.5 Å². The summed E-state index contributed by atoms with van der Waals surface area (Å²) in [4.78, 5) is 22.2. The Morgan fingerprint density at radius 1 is 1.50 bits per heavy atom. The number of likely N-dealkylation sites (tertiary alicyclic amines) is 1. The molecule has 0 radical (unpaired) electrons. The van der Waals surface area contributed by atoms with Crippen LogP contribution < -0.4 is 0 Å². The molecule has 1 aromatic rings. The quantitative estimate of drug-likeness (QED) is 0.837. The van der Waals surface area contributed by atoms with Crippen molar-refractivity contribution in [1.29, 1.82) is 0 Å². The van der Waals surface area contributed by atoms with Gasteiger partial charge in [-0.1, -0.05) is 6.92 Å². The van der Waals surface area contributed by atoms with Crippen molar-refractivity contribution in [2.24, 2.45) is 5.92 Å². The summed E-state index contributed by atoms with van der Waals surface area (Å²) < 4.78 is 5.94. The minimum atomic E-state index is -0.0507. The second kappa shape index (κ2) is 5.48. The maximum atomic E-state index is 12.3. The minimum Gasteiger partial charge on any atom is -0.373 e. The first-order valence-corrected chi connectivity index (χ1v) is 7.32. The largest absolute Gasteiger partial charge is 0.373 e. The molecule has 108 valence electrons. The number of aromatic nitrogens is 2. The maximum Gasteiger partial charge on any atom is 0.223 e. The zero-order valence-electron chi connectivity index (χ0n) is 11.9. The number of amides is 1. The molecule has 0 saturated carbocycles. The molecular formula is C15H21N3O2. The second-order valence-corrected chi connectivity index (χ2v) is 6.12. The molecule has 2 aliphatic rings. The van der Waals surface area contributed by atoms with Crippen molar-refractivity contribution < 1.29 is 9.53 Å². The molecule has 1 aromatic heterocycles. The smallest absolute Gasteiger partial charge is 0.223 e. The Kier molecular flexibility index (Phi) is 3.70. The highest BCUT2D eigenvalue weighted by molar-refractivity contribution is 5.76. The zero-order valence-corrected chi connectivity index (χ0v) is 11.9. The van der Waals surface area contributed by atoms with Crippen LogP contribution in [-0.4, -0.2) is 46.1 Å². The van der Waals surface area contributed by atoms with Crippen LogP contribution in [0.15, 0.2) is 18.7 Å². The molecule has 5 nitrogen and oxygen atoms in total. The van der Waals surface area contributed by atoms with E-state index in [9.17, 15) is 4.79 Å². The summed E-state index contributed by atoms with van der Waals surface area (Å²) in [5.74, 6) is 0.834. The molecule has 1 spiro atoms. The van der Waals surface area contributed by atoms with Gasteiger partial charge in [-0.15, -0.1) is 0 Å². The van der Waals surface area contributed by atoms with E-state index < -0.39 is 0 Å². The number of rotatable bonds is 3. The summed E-state index contributed by atoms with van der Waals surface area (Å²) in [6.45, 7) is 4.65. The fourth-order valence-electron chi connectivity index (χ4n) is 3.28. The highest BCUT2D eigenvalue weighted by Gasteiger charge is 2.45. The summed E-state index contributed by atoms with van der Waals surface area (Å²) in [5.41, 5.74) is 0.964. The van der Waals surface area contributed by atoms with Crippen molar-refractivity contribution in [2.45, 2.75) is 38.2 Å². The lowest BCUT2D eigenvalue weighted by molar-refractivity contribution is -0.131. The van der Waals surface area contributed by atoms with Gasteiger partial charge in [-0.2, -0.15) is 0 Å². The van der Waals surface area contributed by atoms with E-state index in [1.807, 2.05) is 4.90 Å². The van der Waals surface area contributed by atoms with E-state index in [1.54, 1.807) is 12.4 Å². The number of aryl methyl sites for hydroxylation is 1. The molecule has 2 saturated heterocycles. The zero-order chi connectivity index (χ0) is 14.0. The number of hydrogen-bond donors (Lipinski definition) is 0. The molecule has 0 N–H and O–H groups in total. The standard InChI is InChI=1S/C15H21N3O2/c1-12-6-15(20-9-12)4-5-18(10-15)14(19)3-2-13-7-16-11-17-8-13/h7-8,11-12H,2-6,9-10H2,1H3. The molecule has 0 aromatic carbocycles. The summed E-state index contributed by atoms with van der Waals surface area (Å²) in [6.07, 6.45) is 8.36. The van der Waals surface area contributed by atoms with Gasteiger partial charge in [0.25, 0.3) is 0 Å². The van der Waals surface area contributed by atoms with Gasteiger partial charge >= 0.3 is 0 Å². The molecule has 2 unspecified atom stereocenters. The fraction of sp³-hybridized carbons (Fsp3) is 0.667. The molecule has 0 aliphatic carbocycles. The van der Waals surface area contributed by atoms with Crippen molar-refractivity contribution >= 4 is 5.91 Å². The van der Waals surface area contributed by atoms with E-state index in [1.165, 1.54) is 6.33 Å². The van der Waals surface area contributed by atoms with Gasteiger partial charge in [-0.05, 0) is 30.7 Å². The van der Waals surface area contributed by atoms with Crippen LogP contribution in [0, 0.1) is 5.92 Å². The molecule has 2 atom stereocenters. The van der Waals surface area contributed by atoms with Crippen molar-refractivity contribution in [3.05, 3.63) is 24.3 Å². The Hall–Kier alpha value is -1.49. The van der Waals surface area contributed by atoms with Crippen LogP contribution in [0.2, 0.25) is 0 Å². The molecule has 1 amide bonds. The van der Waals surface area contributed by atoms with E-state index in [4.69, 9.17) is 4.74 Å². The van der Waals surface area contributed by atoms with Crippen LogP contribution in [0.5, 0.6) is 0 Å². The monoisotopic (exact) mass is 275 g/mol. The Balaban J connectivity index is 1.52. The third-order valence-corrected chi connectivity index (χ3v) is 4.31. The highest BCUT2D eigenvalue weighted by atomic mass is 16.5. The third kappa shape index (κ3) is 2.82. The average Bonchev–Trinajstić information content (AvgIpc) is 3.04. The summed E-state index contributed by atoms with van der Waals surface area (Å²) in [5, 5.41) is 0. The van der Waals surface area contributed by atoms with Gasteiger partial charge in [-0.25, -0.2) is 9.97 Å². The Bertz CT molecular complexity index is 479. The predicted octanol–water partition coefficient (Wildman–Crippen LogP) is 1.44. The molecular weight excluding hydrogens is 254 g/mol. The molecule has 0 bridgehead atoms. The van der Waals surface area contributed by atoms with Crippen LogP contribution in [0.4, 0.5) is 0 Å². The van der Waals surface area contributed by atoms with Crippen LogP contribution in [0.1, 0.15) is 31.7 Å². The topological polar surface area (TPSA) is 55.3 Å². The maximum absolute atomic E-state index is 12.3. The van der Waals surface area contributed by atoms with Crippen molar-refractivity contribution in [1.82, 2.24) is 14.9 Å². The molecule has 5 heteroatoms. The third-order valence-electron chi connectivity index (χ3n) is 4.31. The molecule has 3 heterocycles. The van der Waals surface area contributed by atoms with Crippen LogP contribution in [0.3, 0.4) is 0 Å². The van der Waals surface area contributed by atoms with E-state index in [0.717, 1.165) is 38.1 Å². The minimum absolute atomic E-state index is 0.0507. The van der Waals surface area contributed by atoms with Gasteiger partial charge in [0.05, 0.1) is 12.2 Å². The van der Waals surface area contributed by atoms with Crippen LogP contribution in [0.25, 0.3) is 0 Å². The Morgan fingerprint density at radius 3 is 3.00 bits per heavy atom.